The van der Waals surface area contributed by atoms with Crippen LogP contribution in [0.15, 0.2) is 36.4 Å². The molecule has 0 radical (unpaired) electrons. The van der Waals surface area contributed by atoms with Crippen molar-refractivity contribution >= 4 is 28.9 Å². The van der Waals surface area contributed by atoms with Gasteiger partial charge in [0.25, 0.3) is 11.6 Å². The molecule has 0 saturated carbocycles. The molecule has 2 aromatic carbocycles. The molecule has 2 aromatic rings. The van der Waals surface area contributed by atoms with Gasteiger partial charge in [-0.3, -0.25) is 14.9 Å². The van der Waals surface area contributed by atoms with Crippen LogP contribution < -0.4 is 5.32 Å². The maximum atomic E-state index is 13.6. The van der Waals surface area contributed by atoms with Crippen LogP contribution in [0.4, 0.5) is 20.2 Å². The van der Waals surface area contributed by atoms with E-state index in [2.05, 4.69) is 5.32 Å². The van der Waals surface area contributed by atoms with Crippen molar-refractivity contribution in [2.45, 2.75) is 0 Å². The Morgan fingerprint density at radius 2 is 1.86 bits per heavy atom. The fourth-order valence-corrected chi connectivity index (χ4v) is 1.75. The van der Waals surface area contributed by atoms with Crippen LogP contribution in [-0.4, -0.2) is 10.8 Å². The number of anilines is 1. The number of nitro groups is 1. The van der Waals surface area contributed by atoms with E-state index in [1.807, 2.05) is 0 Å². The minimum absolute atomic E-state index is 0.144. The number of amides is 1. The highest BCUT2D eigenvalue weighted by Gasteiger charge is 2.16. The number of carbonyl (C=O) groups is 1. The predicted octanol–water partition coefficient (Wildman–Crippen LogP) is 3.78. The molecule has 1 N–H and O–H groups in total. The van der Waals surface area contributed by atoms with Crippen molar-refractivity contribution < 1.29 is 18.5 Å². The average molecular weight is 313 g/mol. The van der Waals surface area contributed by atoms with Gasteiger partial charge in [-0.1, -0.05) is 11.6 Å². The minimum Gasteiger partial charge on any atom is -0.319 e. The molecule has 0 aliphatic carbocycles. The van der Waals surface area contributed by atoms with Gasteiger partial charge in [-0.2, -0.15) is 0 Å². The third kappa shape index (κ3) is 3.32. The Morgan fingerprint density at radius 3 is 2.48 bits per heavy atom. The Kier molecular flexibility index (Phi) is 4.13. The summed E-state index contributed by atoms with van der Waals surface area (Å²) in [6.07, 6.45) is 0. The highest BCUT2D eigenvalue weighted by Crippen LogP contribution is 2.22. The topological polar surface area (TPSA) is 72.2 Å². The van der Waals surface area contributed by atoms with E-state index in [1.165, 1.54) is 6.07 Å². The maximum Gasteiger partial charge on any atom is 0.272 e. The summed E-state index contributed by atoms with van der Waals surface area (Å²) < 4.78 is 27.1. The lowest BCUT2D eigenvalue weighted by atomic mass is 10.2. The van der Waals surface area contributed by atoms with Crippen LogP contribution in [0.5, 0.6) is 0 Å². The summed E-state index contributed by atoms with van der Waals surface area (Å²) >= 11 is 5.66. The monoisotopic (exact) mass is 312 g/mol. The number of non-ortho nitro benzene ring substituents is 1. The van der Waals surface area contributed by atoms with Gasteiger partial charge in [0.15, 0.2) is 5.82 Å². The summed E-state index contributed by atoms with van der Waals surface area (Å²) in [6, 6.07) is 6.06. The first-order valence-electron chi connectivity index (χ1n) is 5.59. The smallest absolute Gasteiger partial charge is 0.272 e. The van der Waals surface area contributed by atoms with E-state index in [0.29, 0.717) is 6.07 Å². The number of nitrogens with one attached hydrogen (secondary N) is 1. The second-order valence-electron chi connectivity index (χ2n) is 4.00. The van der Waals surface area contributed by atoms with Gasteiger partial charge in [-0.25, -0.2) is 8.78 Å². The zero-order valence-electron chi connectivity index (χ0n) is 10.3. The van der Waals surface area contributed by atoms with Crippen molar-refractivity contribution in [3.8, 4) is 0 Å². The molecule has 0 aliphatic rings. The van der Waals surface area contributed by atoms with Crippen molar-refractivity contribution in [1.29, 1.82) is 0 Å². The lowest BCUT2D eigenvalue weighted by molar-refractivity contribution is -0.385. The quantitative estimate of drug-likeness (QED) is 0.692. The van der Waals surface area contributed by atoms with E-state index in [9.17, 15) is 23.7 Å². The molecule has 0 spiro atoms. The van der Waals surface area contributed by atoms with Crippen LogP contribution in [0.2, 0.25) is 5.02 Å². The van der Waals surface area contributed by atoms with E-state index in [1.54, 1.807) is 0 Å². The number of benzene rings is 2. The average Bonchev–Trinajstić information content (AvgIpc) is 2.43. The van der Waals surface area contributed by atoms with Crippen LogP contribution in [-0.2, 0) is 0 Å². The molecule has 1 amide bonds. The van der Waals surface area contributed by atoms with Crippen molar-refractivity contribution in [2.24, 2.45) is 0 Å². The van der Waals surface area contributed by atoms with Crippen LogP contribution in [0, 0.1) is 21.7 Å². The molecule has 0 bridgehead atoms. The van der Waals surface area contributed by atoms with Gasteiger partial charge in [0, 0.05) is 11.1 Å². The number of nitro benzene ring substituents is 1. The second-order valence-corrected chi connectivity index (χ2v) is 4.44. The van der Waals surface area contributed by atoms with E-state index >= 15 is 0 Å². The van der Waals surface area contributed by atoms with E-state index in [-0.39, 0.29) is 16.3 Å². The van der Waals surface area contributed by atoms with Gasteiger partial charge in [0.1, 0.15) is 5.82 Å². The number of hydrogen-bond acceptors (Lipinski definition) is 3. The lowest BCUT2D eigenvalue weighted by Gasteiger charge is -2.07. The molecule has 0 heterocycles. The highest BCUT2D eigenvalue weighted by atomic mass is 35.5. The van der Waals surface area contributed by atoms with Gasteiger partial charge in [0.2, 0.25) is 0 Å². The Balaban J connectivity index is 2.27. The molecule has 0 atom stereocenters. The number of nitrogens with zero attached hydrogens (tertiary/aromatic N) is 1. The highest BCUT2D eigenvalue weighted by molar-refractivity contribution is 6.31. The van der Waals surface area contributed by atoms with Crippen LogP contribution in [0.25, 0.3) is 0 Å². The predicted molar refractivity (Wildman–Crippen MR) is 72.4 cm³/mol. The molecule has 0 aliphatic heterocycles. The molecular weight excluding hydrogens is 306 g/mol. The molecule has 21 heavy (non-hydrogen) atoms. The van der Waals surface area contributed by atoms with E-state index in [4.69, 9.17) is 11.6 Å². The van der Waals surface area contributed by atoms with Crippen molar-refractivity contribution in [2.75, 3.05) is 5.32 Å². The van der Waals surface area contributed by atoms with Crippen LogP contribution >= 0.6 is 11.6 Å². The molecule has 0 unspecified atom stereocenters. The largest absolute Gasteiger partial charge is 0.319 e. The summed E-state index contributed by atoms with van der Waals surface area (Å²) in [6.45, 7) is 0. The summed E-state index contributed by atoms with van der Waals surface area (Å²) in [5, 5.41) is 12.7. The number of hydrogen-bond donors (Lipinski definition) is 1. The summed E-state index contributed by atoms with van der Waals surface area (Å²) in [5.41, 5.74) is -1.12. The summed E-state index contributed by atoms with van der Waals surface area (Å²) in [4.78, 5) is 21.6. The number of carbonyl (C=O) groups excluding carboxylic acids is 1. The first-order chi connectivity index (χ1) is 9.88. The zero-order chi connectivity index (χ0) is 15.6. The molecule has 0 aromatic heterocycles. The normalized spacial score (nSPS) is 10.2. The van der Waals surface area contributed by atoms with Gasteiger partial charge >= 0.3 is 0 Å². The fourth-order valence-electron chi connectivity index (χ4n) is 1.58. The first kappa shape index (κ1) is 14.9. The van der Waals surface area contributed by atoms with Crippen molar-refractivity contribution in [3.05, 3.63) is 68.7 Å². The fraction of sp³-hybridized carbons (Fsp3) is 0. The van der Waals surface area contributed by atoms with Gasteiger partial charge < -0.3 is 5.32 Å². The van der Waals surface area contributed by atoms with Crippen molar-refractivity contribution in [1.82, 2.24) is 0 Å². The first-order valence-corrected chi connectivity index (χ1v) is 5.96. The second kappa shape index (κ2) is 5.84. The van der Waals surface area contributed by atoms with Gasteiger partial charge in [0.05, 0.1) is 22.2 Å². The van der Waals surface area contributed by atoms with Gasteiger partial charge in [-0.15, -0.1) is 0 Å². The van der Waals surface area contributed by atoms with Crippen LogP contribution in [0.1, 0.15) is 10.4 Å². The summed E-state index contributed by atoms with van der Waals surface area (Å²) in [5.74, 6) is -2.73. The zero-order valence-corrected chi connectivity index (χ0v) is 11.0. The Hall–Kier alpha value is -2.54. The lowest BCUT2D eigenvalue weighted by Crippen LogP contribution is -2.14. The number of rotatable bonds is 3. The molecule has 0 saturated heterocycles. The van der Waals surface area contributed by atoms with Crippen LogP contribution in [0.3, 0.4) is 0 Å². The third-order valence-electron chi connectivity index (χ3n) is 2.58. The van der Waals surface area contributed by atoms with E-state index < -0.39 is 28.2 Å². The summed E-state index contributed by atoms with van der Waals surface area (Å²) in [7, 11) is 0. The maximum absolute atomic E-state index is 13.6. The number of halogens is 3. The molecule has 2 rings (SSSR count). The molecule has 0 fully saturated rings. The molecule has 108 valence electrons. The Bertz CT molecular complexity index is 737. The van der Waals surface area contributed by atoms with E-state index in [0.717, 1.165) is 24.3 Å². The SMILES string of the molecule is O=C(Nc1ccc([N+](=O)[O-])cc1F)c1cc(Cl)ccc1F. The van der Waals surface area contributed by atoms with Gasteiger partial charge in [-0.05, 0) is 24.3 Å². The molecule has 5 nitrogen and oxygen atoms in total. The third-order valence-corrected chi connectivity index (χ3v) is 2.82. The molecular formula is C13H7ClF2N2O3. The molecule has 8 heteroatoms. The van der Waals surface area contributed by atoms with Crippen molar-refractivity contribution in [3.63, 3.8) is 0 Å². The Morgan fingerprint density at radius 1 is 1.14 bits per heavy atom. The standard InChI is InChI=1S/C13H7ClF2N2O3/c14-7-1-3-10(15)9(5-7)13(19)17-12-4-2-8(18(20)21)6-11(12)16/h1-6H,(H,17,19). The Labute approximate surface area is 122 Å². The minimum atomic E-state index is -1.00.